The van der Waals surface area contributed by atoms with Crippen LogP contribution in [-0.2, 0) is 20.8 Å². The predicted molar refractivity (Wildman–Crippen MR) is 134 cm³/mol. The first kappa shape index (κ1) is 28.0. The Morgan fingerprint density at radius 3 is 2.39 bits per heavy atom. The van der Waals surface area contributed by atoms with E-state index >= 15 is 0 Å². The number of alkyl halides is 3. The molecule has 196 valence electrons. The Kier molecular flexibility index (Phi) is 8.10. The number of aliphatic imine (C=N–C) groups is 1. The zero-order chi connectivity index (χ0) is 26.9. The molecule has 0 aliphatic carbocycles. The van der Waals surface area contributed by atoms with Gasteiger partial charge < -0.3 is 9.64 Å². The van der Waals surface area contributed by atoms with Gasteiger partial charge in [-0.05, 0) is 70.4 Å². The first-order valence-corrected chi connectivity index (χ1v) is 13.4. The van der Waals surface area contributed by atoms with E-state index in [9.17, 15) is 26.4 Å². The summed E-state index contributed by atoms with van der Waals surface area (Å²) in [4.78, 5) is 17.8. The van der Waals surface area contributed by atoms with Crippen molar-refractivity contribution in [2.45, 2.75) is 63.3 Å². The van der Waals surface area contributed by atoms with Gasteiger partial charge in [-0.25, -0.2) is 13.2 Å². The van der Waals surface area contributed by atoms with Gasteiger partial charge in [-0.1, -0.05) is 23.7 Å². The summed E-state index contributed by atoms with van der Waals surface area (Å²) in [5, 5.41) is -0.153. The van der Waals surface area contributed by atoms with Gasteiger partial charge in [0.2, 0.25) is 0 Å². The van der Waals surface area contributed by atoms with Gasteiger partial charge >= 0.3 is 12.3 Å². The van der Waals surface area contributed by atoms with Crippen molar-refractivity contribution in [3.63, 3.8) is 0 Å². The minimum Gasteiger partial charge on any atom is -0.444 e. The molecule has 0 saturated carbocycles. The van der Waals surface area contributed by atoms with E-state index < -0.39 is 39.3 Å². The fourth-order valence-electron chi connectivity index (χ4n) is 4.08. The second kappa shape index (κ2) is 10.4. The van der Waals surface area contributed by atoms with E-state index in [0.717, 1.165) is 6.07 Å². The molecule has 0 spiro atoms. The van der Waals surface area contributed by atoms with E-state index in [2.05, 4.69) is 4.99 Å². The smallest absolute Gasteiger partial charge is 0.417 e. The summed E-state index contributed by atoms with van der Waals surface area (Å²) in [5.41, 5.74) is -1.75. The molecular formula is C25H28ClF3N2O4S. The fourth-order valence-corrected chi connectivity index (χ4v) is 6.00. The number of hydrogen-bond acceptors (Lipinski definition) is 5. The average molecular weight is 545 g/mol. The van der Waals surface area contributed by atoms with Crippen molar-refractivity contribution in [3.8, 4) is 11.1 Å². The van der Waals surface area contributed by atoms with Crippen LogP contribution in [0.15, 0.2) is 46.3 Å². The zero-order valence-electron chi connectivity index (χ0n) is 20.4. The molecule has 1 aliphatic heterocycles. The largest absolute Gasteiger partial charge is 0.444 e. The number of carbonyl (C=O) groups excluding carboxylic acids is 1. The molecule has 1 amide bonds. The molecule has 1 fully saturated rings. The highest BCUT2D eigenvalue weighted by Gasteiger charge is 2.37. The Hall–Kier alpha value is -2.59. The summed E-state index contributed by atoms with van der Waals surface area (Å²) in [6, 6.07) is 6.78. The quantitative estimate of drug-likeness (QED) is 0.383. The summed E-state index contributed by atoms with van der Waals surface area (Å²) in [7, 11) is -3.84. The lowest BCUT2D eigenvalue weighted by molar-refractivity contribution is -0.137. The third kappa shape index (κ3) is 6.59. The average Bonchev–Trinajstić information content (AvgIpc) is 3.19. The molecule has 1 atom stereocenters. The highest BCUT2D eigenvalue weighted by atomic mass is 35.5. The third-order valence-electron chi connectivity index (χ3n) is 5.58. The van der Waals surface area contributed by atoms with Crippen LogP contribution in [-0.4, -0.2) is 49.6 Å². The van der Waals surface area contributed by atoms with Crippen LogP contribution in [0.25, 0.3) is 11.1 Å². The zero-order valence-corrected chi connectivity index (χ0v) is 22.0. The number of sulfone groups is 1. The summed E-state index contributed by atoms with van der Waals surface area (Å²) < 4.78 is 72.9. The van der Waals surface area contributed by atoms with Crippen molar-refractivity contribution < 1.29 is 31.1 Å². The molecule has 11 heteroatoms. The van der Waals surface area contributed by atoms with Crippen LogP contribution < -0.4 is 0 Å². The SMILES string of the molecule is CC=Nc1cc(Cl)c(-c2ccc(S(=O)(=O)C[C@@H]3CCCN3C(=O)OC(C)(C)C)cc2)c(C(F)(F)F)c1. The lowest BCUT2D eigenvalue weighted by atomic mass is 9.98. The summed E-state index contributed by atoms with van der Waals surface area (Å²) in [5.74, 6) is -0.316. The van der Waals surface area contributed by atoms with Gasteiger partial charge in [0.15, 0.2) is 9.84 Å². The Balaban J connectivity index is 1.89. The number of nitrogens with zero attached hydrogens (tertiary/aromatic N) is 2. The second-order valence-corrected chi connectivity index (χ2v) is 12.0. The van der Waals surface area contributed by atoms with Crippen molar-refractivity contribution in [1.82, 2.24) is 4.90 Å². The van der Waals surface area contributed by atoms with Crippen molar-refractivity contribution in [3.05, 3.63) is 47.0 Å². The number of hydrogen-bond donors (Lipinski definition) is 0. The van der Waals surface area contributed by atoms with Gasteiger partial charge in [-0.3, -0.25) is 4.99 Å². The summed E-state index contributed by atoms with van der Waals surface area (Å²) >= 11 is 6.20. The van der Waals surface area contributed by atoms with E-state index in [1.54, 1.807) is 27.7 Å². The number of halogens is 4. The van der Waals surface area contributed by atoms with E-state index in [4.69, 9.17) is 16.3 Å². The maximum Gasteiger partial charge on any atom is 0.417 e. The number of rotatable bonds is 5. The topological polar surface area (TPSA) is 76.0 Å². The second-order valence-electron chi connectivity index (χ2n) is 9.51. The summed E-state index contributed by atoms with van der Waals surface area (Å²) in [6.07, 6.45) is -2.75. The monoisotopic (exact) mass is 544 g/mol. The van der Waals surface area contributed by atoms with Crippen LogP contribution in [0.4, 0.5) is 23.7 Å². The molecule has 2 aromatic rings. The van der Waals surface area contributed by atoms with Gasteiger partial charge in [-0.2, -0.15) is 13.2 Å². The fraction of sp³-hybridized carbons (Fsp3) is 0.440. The lowest BCUT2D eigenvalue weighted by Crippen LogP contribution is -2.42. The Morgan fingerprint density at radius 2 is 1.83 bits per heavy atom. The maximum atomic E-state index is 13.8. The number of benzene rings is 2. The van der Waals surface area contributed by atoms with Gasteiger partial charge in [0, 0.05) is 24.4 Å². The Morgan fingerprint density at radius 1 is 1.19 bits per heavy atom. The maximum absolute atomic E-state index is 13.8. The molecule has 2 aromatic carbocycles. The molecule has 3 rings (SSSR count). The number of amides is 1. The van der Waals surface area contributed by atoms with Crippen molar-refractivity contribution in [1.29, 1.82) is 0 Å². The Bertz CT molecular complexity index is 1250. The molecule has 1 saturated heterocycles. The van der Waals surface area contributed by atoms with Crippen LogP contribution in [0, 0.1) is 0 Å². The van der Waals surface area contributed by atoms with Crippen LogP contribution in [0.5, 0.6) is 0 Å². The van der Waals surface area contributed by atoms with Gasteiger partial charge in [0.25, 0.3) is 0 Å². The van der Waals surface area contributed by atoms with Crippen molar-refractivity contribution >= 4 is 39.4 Å². The molecule has 0 unspecified atom stereocenters. The highest BCUT2D eigenvalue weighted by molar-refractivity contribution is 7.91. The molecule has 0 radical (unpaired) electrons. The first-order chi connectivity index (χ1) is 16.6. The van der Waals surface area contributed by atoms with E-state index in [1.807, 2.05) is 0 Å². The minimum absolute atomic E-state index is 0.0563. The standard InChI is InChI=1S/C25H28ClF3N2O4S/c1-5-30-17-13-20(25(27,28)29)22(21(26)14-17)16-8-10-19(11-9-16)36(33,34)15-18-7-6-12-31(18)23(32)35-24(2,3)4/h5,8-11,13-14,18H,6-7,12,15H2,1-4H3/t18-/m0/s1. The Labute approximate surface area is 214 Å². The molecule has 1 aliphatic rings. The van der Waals surface area contributed by atoms with E-state index in [0.29, 0.717) is 19.4 Å². The molecule has 1 heterocycles. The molecule has 6 nitrogen and oxygen atoms in total. The minimum atomic E-state index is -4.70. The number of ether oxygens (including phenoxy) is 1. The van der Waals surface area contributed by atoms with Gasteiger partial charge in [0.05, 0.1) is 26.9 Å². The van der Waals surface area contributed by atoms with E-state index in [1.165, 1.54) is 41.4 Å². The lowest BCUT2D eigenvalue weighted by Gasteiger charge is -2.28. The molecule has 0 aromatic heterocycles. The van der Waals surface area contributed by atoms with Crippen LogP contribution in [0.1, 0.15) is 46.1 Å². The summed E-state index contributed by atoms with van der Waals surface area (Å²) in [6.45, 7) is 7.16. The van der Waals surface area contributed by atoms with Crippen molar-refractivity contribution in [2.24, 2.45) is 4.99 Å². The predicted octanol–water partition coefficient (Wildman–Crippen LogP) is 6.92. The van der Waals surface area contributed by atoms with E-state index in [-0.39, 0.29) is 32.5 Å². The number of carbonyl (C=O) groups is 1. The van der Waals surface area contributed by atoms with Gasteiger partial charge in [-0.15, -0.1) is 0 Å². The first-order valence-electron chi connectivity index (χ1n) is 11.3. The van der Waals surface area contributed by atoms with Crippen LogP contribution >= 0.6 is 11.6 Å². The molecule has 0 bridgehead atoms. The number of likely N-dealkylation sites (tertiary alicyclic amines) is 1. The molecule has 36 heavy (non-hydrogen) atoms. The molecule has 0 N–H and O–H groups in total. The van der Waals surface area contributed by atoms with Crippen LogP contribution in [0.3, 0.4) is 0 Å². The normalized spacial score (nSPS) is 17.1. The highest BCUT2D eigenvalue weighted by Crippen LogP contribution is 2.43. The third-order valence-corrected chi connectivity index (χ3v) is 7.69. The molecular weight excluding hydrogens is 517 g/mol. The van der Waals surface area contributed by atoms with Gasteiger partial charge in [0.1, 0.15) is 5.60 Å². The van der Waals surface area contributed by atoms with Crippen molar-refractivity contribution in [2.75, 3.05) is 12.3 Å². The van der Waals surface area contributed by atoms with Crippen LogP contribution in [0.2, 0.25) is 5.02 Å².